The van der Waals surface area contributed by atoms with Crippen LogP contribution in [0.5, 0.6) is 0 Å². The number of hydrogen-bond donors (Lipinski definition) is 1. The molecule has 0 spiro atoms. The molecule has 0 unspecified atom stereocenters. The molecule has 0 aliphatic heterocycles. The molecule has 0 aliphatic carbocycles. The number of nitrogens with zero attached hydrogens (tertiary/aromatic N) is 1. The van der Waals surface area contributed by atoms with Crippen molar-refractivity contribution < 1.29 is 4.39 Å². The van der Waals surface area contributed by atoms with E-state index in [0.717, 1.165) is 11.3 Å². The van der Waals surface area contributed by atoms with E-state index < -0.39 is 0 Å². The van der Waals surface area contributed by atoms with Crippen LogP contribution in [0.15, 0.2) is 18.2 Å². The highest BCUT2D eigenvalue weighted by molar-refractivity contribution is 5.52. The van der Waals surface area contributed by atoms with Gasteiger partial charge in [-0.2, -0.15) is 0 Å². The minimum Gasteiger partial charge on any atom is -0.377 e. The van der Waals surface area contributed by atoms with Crippen molar-refractivity contribution in [3.05, 3.63) is 29.6 Å². The Bertz CT molecular complexity index is 271. The Labute approximate surface area is 71.8 Å². The summed E-state index contributed by atoms with van der Waals surface area (Å²) in [5.74, 6) is -0.226. The van der Waals surface area contributed by atoms with Gasteiger partial charge in [-0.15, -0.1) is 0 Å². The Balaban J connectivity index is 3.12. The van der Waals surface area contributed by atoms with E-state index in [1.54, 1.807) is 6.07 Å². The number of benzene rings is 1. The van der Waals surface area contributed by atoms with Gasteiger partial charge in [-0.1, -0.05) is 6.07 Å². The summed E-state index contributed by atoms with van der Waals surface area (Å²) in [4.78, 5) is 1.85. The van der Waals surface area contributed by atoms with E-state index in [4.69, 9.17) is 5.73 Å². The molecule has 0 aromatic heterocycles. The molecule has 2 nitrogen and oxygen atoms in total. The van der Waals surface area contributed by atoms with Gasteiger partial charge in [0.1, 0.15) is 5.82 Å². The quantitative estimate of drug-likeness (QED) is 0.722. The Morgan fingerprint density at radius 2 is 2.08 bits per heavy atom. The van der Waals surface area contributed by atoms with E-state index in [-0.39, 0.29) is 5.82 Å². The predicted octanol–water partition coefficient (Wildman–Crippen LogP) is 1.35. The molecule has 0 saturated carbocycles. The summed E-state index contributed by atoms with van der Waals surface area (Å²) < 4.78 is 12.8. The van der Waals surface area contributed by atoms with Crippen LogP contribution in [0.2, 0.25) is 0 Å². The van der Waals surface area contributed by atoms with Gasteiger partial charge in [-0.3, -0.25) is 0 Å². The highest BCUT2D eigenvalue weighted by Crippen LogP contribution is 2.18. The van der Waals surface area contributed by atoms with Crippen molar-refractivity contribution in [1.82, 2.24) is 0 Å². The number of hydrogen-bond acceptors (Lipinski definition) is 2. The van der Waals surface area contributed by atoms with E-state index >= 15 is 0 Å². The second kappa shape index (κ2) is 3.54. The molecular weight excluding hydrogens is 155 g/mol. The zero-order chi connectivity index (χ0) is 9.14. The third-order valence-electron chi connectivity index (χ3n) is 1.75. The van der Waals surface area contributed by atoms with Gasteiger partial charge in [0.15, 0.2) is 0 Å². The fourth-order valence-corrected chi connectivity index (χ4v) is 1.13. The molecule has 2 N–H and O–H groups in total. The monoisotopic (exact) mass is 168 g/mol. The van der Waals surface area contributed by atoms with Crippen LogP contribution < -0.4 is 10.6 Å². The van der Waals surface area contributed by atoms with E-state index in [2.05, 4.69) is 0 Å². The number of anilines is 1. The molecule has 0 heterocycles. The maximum Gasteiger partial charge on any atom is 0.125 e. The molecule has 0 aliphatic rings. The van der Waals surface area contributed by atoms with Gasteiger partial charge in [-0.05, 0) is 17.7 Å². The zero-order valence-electron chi connectivity index (χ0n) is 7.34. The van der Waals surface area contributed by atoms with E-state index in [1.165, 1.54) is 12.1 Å². The smallest absolute Gasteiger partial charge is 0.125 e. The molecule has 66 valence electrons. The highest BCUT2D eigenvalue weighted by atomic mass is 19.1. The van der Waals surface area contributed by atoms with Gasteiger partial charge in [0, 0.05) is 26.3 Å². The van der Waals surface area contributed by atoms with Gasteiger partial charge in [0.05, 0.1) is 0 Å². The third kappa shape index (κ3) is 1.74. The van der Waals surface area contributed by atoms with Crippen molar-refractivity contribution in [3.8, 4) is 0 Å². The minimum absolute atomic E-state index is 0.226. The predicted molar refractivity (Wildman–Crippen MR) is 48.6 cm³/mol. The first-order chi connectivity index (χ1) is 5.65. The van der Waals surface area contributed by atoms with Gasteiger partial charge < -0.3 is 10.6 Å². The van der Waals surface area contributed by atoms with Crippen molar-refractivity contribution in [3.63, 3.8) is 0 Å². The normalized spacial score (nSPS) is 10.0. The first-order valence-corrected chi connectivity index (χ1v) is 3.81. The summed E-state index contributed by atoms with van der Waals surface area (Å²) in [5.41, 5.74) is 7.29. The van der Waals surface area contributed by atoms with Crippen LogP contribution in [-0.2, 0) is 6.54 Å². The standard InChI is InChI=1S/C9H13FN2/c1-12(2)9-5-8(10)4-3-7(9)6-11/h3-5H,6,11H2,1-2H3. The molecule has 1 aromatic carbocycles. The Morgan fingerprint density at radius 1 is 1.42 bits per heavy atom. The Morgan fingerprint density at radius 3 is 2.58 bits per heavy atom. The maximum atomic E-state index is 12.8. The van der Waals surface area contributed by atoms with Crippen LogP contribution in [0.1, 0.15) is 5.56 Å². The fraction of sp³-hybridized carbons (Fsp3) is 0.333. The molecule has 0 atom stereocenters. The lowest BCUT2D eigenvalue weighted by Crippen LogP contribution is -2.13. The lowest BCUT2D eigenvalue weighted by molar-refractivity contribution is 0.627. The molecule has 1 aromatic rings. The average molecular weight is 168 g/mol. The molecule has 12 heavy (non-hydrogen) atoms. The van der Waals surface area contributed by atoms with Crippen molar-refractivity contribution in [2.75, 3.05) is 19.0 Å². The van der Waals surface area contributed by atoms with Crippen LogP contribution in [0.25, 0.3) is 0 Å². The molecule has 0 radical (unpaired) electrons. The SMILES string of the molecule is CN(C)c1cc(F)ccc1CN. The molecule has 0 bridgehead atoms. The topological polar surface area (TPSA) is 29.3 Å². The fourth-order valence-electron chi connectivity index (χ4n) is 1.13. The van der Waals surface area contributed by atoms with E-state index in [0.29, 0.717) is 6.54 Å². The summed E-state index contributed by atoms with van der Waals surface area (Å²) >= 11 is 0. The molecular formula is C9H13FN2. The average Bonchev–Trinajstić information content (AvgIpc) is 2.04. The molecule has 3 heteroatoms. The largest absolute Gasteiger partial charge is 0.377 e. The third-order valence-corrected chi connectivity index (χ3v) is 1.75. The van der Waals surface area contributed by atoms with Gasteiger partial charge in [-0.25, -0.2) is 4.39 Å². The summed E-state index contributed by atoms with van der Waals surface area (Å²) in [7, 11) is 3.74. The second-order valence-corrected chi connectivity index (χ2v) is 2.87. The minimum atomic E-state index is -0.226. The summed E-state index contributed by atoms with van der Waals surface area (Å²) in [6, 6.07) is 4.63. The highest BCUT2D eigenvalue weighted by Gasteiger charge is 2.03. The van der Waals surface area contributed by atoms with Crippen LogP contribution >= 0.6 is 0 Å². The molecule has 1 rings (SSSR count). The van der Waals surface area contributed by atoms with Crippen molar-refractivity contribution in [1.29, 1.82) is 0 Å². The van der Waals surface area contributed by atoms with Crippen LogP contribution in [0, 0.1) is 5.82 Å². The van der Waals surface area contributed by atoms with Gasteiger partial charge in [0.25, 0.3) is 0 Å². The Hall–Kier alpha value is -1.09. The van der Waals surface area contributed by atoms with Crippen molar-refractivity contribution >= 4 is 5.69 Å². The van der Waals surface area contributed by atoms with E-state index in [1.807, 2.05) is 19.0 Å². The van der Waals surface area contributed by atoms with Crippen molar-refractivity contribution in [2.45, 2.75) is 6.54 Å². The van der Waals surface area contributed by atoms with Crippen molar-refractivity contribution in [2.24, 2.45) is 5.73 Å². The lowest BCUT2D eigenvalue weighted by atomic mass is 10.1. The van der Waals surface area contributed by atoms with Crippen LogP contribution in [0.3, 0.4) is 0 Å². The molecule has 0 fully saturated rings. The van der Waals surface area contributed by atoms with Crippen LogP contribution in [0.4, 0.5) is 10.1 Å². The maximum absolute atomic E-state index is 12.8. The Kier molecular flexibility index (Phi) is 2.65. The molecule has 0 amide bonds. The zero-order valence-corrected chi connectivity index (χ0v) is 7.34. The number of rotatable bonds is 2. The van der Waals surface area contributed by atoms with Gasteiger partial charge >= 0.3 is 0 Å². The summed E-state index contributed by atoms with van der Waals surface area (Å²) in [6.45, 7) is 0.438. The summed E-state index contributed by atoms with van der Waals surface area (Å²) in [5, 5.41) is 0. The first kappa shape index (κ1) is 9.00. The van der Waals surface area contributed by atoms with E-state index in [9.17, 15) is 4.39 Å². The first-order valence-electron chi connectivity index (χ1n) is 3.81. The summed E-state index contributed by atoms with van der Waals surface area (Å²) in [6.07, 6.45) is 0. The molecule has 0 saturated heterocycles. The van der Waals surface area contributed by atoms with Gasteiger partial charge in [0.2, 0.25) is 0 Å². The van der Waals surface area contributed by atoms with Crippen LogP contribution in [-0.4, -0.2) is 14.1 Å². The number of halogens is 1. The lowest BCUT2D eigenvalue weighted by Gasteiger charge is -2.16. The number of nitrogens with two attached hydrogens (primary N) is 1. The second-order valence-electron chi connectivity index (χ2n) is 2.87.